The summed E-state index contributed by atoms with van der Waals surface area (Å²) >= 11 is 0. The van der Waals surface area contributed by atoms with E-state index in [0.717, 1.165) is 6.42 Å². The first-order valence-corrected chi connectivity index (χ1v) is 7.89. The number of urea groups is 1. The van der Waals surface area contributed by atoms with Gasteiger partial charge in [0.15, 0.2) is 0 Å². The number of ether oxygens (including phenoxy) is 1. The lowest BCUT2D eigenvalue weighted by Gasteiger charge is -2.41. The number of hydrogen-bond donors (Lipinski definition) is 1. The van der Waals surface area contributed by atoms with Crippen molar-refractivity contribution >= 4 is 6.03 Å². The third-order valence-corrected chi connectivity index (χ3v) is 4.14. The molecule has 3 unspecified atom stereocenters. The van der Waals surface area contributed by atoms with Crippen molar-refractivity contribution in [3.63, 3.8) is 0 Å². The van der Waals surface area contributed by atoms with E-state index in [1.807, 2.05) is 0 Å². The van der Waals surface area contributed by atoms with Gasteiger partial charge in [-0.1, -0.05) is 34.6 Å². The van der Waals surface area contributed by atoms with Gasteiger partial charge in [-0.25, -0.2) is 13.6 Å². The Morgan fingerprint density at radius 1 is 1.32 bits per heavy atom. The first-order valence-electron chi connectivity index (χ1n) is 7.89. The zero-order valence-electron chi connectivity index (χ0n) is 14.6. The molecular weight excluding hydrogens is 290 g/mol. The van der Waals surface area contributed by atoms with Gasteiger partial charge in [0.05, 0.1) is 12.6 Å². The van der Waals surface area contributed by atoms with Crippen LogP contribution >= 0.6 is 0 Å². The number of carbonyl (C=O) groups is 1. The maximum Gasteiger partial charge on any atom is 0.317 e. The average Bonchev–Trinajstić information content (AvgIpc) is 2.34. The molecule has 0 saturated carbocycles. The van der Waals surface area contributed by atoms with Crippen molar-refractivity contribution in [3.8, 4) is 0 Å². The fourth-order valence-electron chi connectivity index (χ4n) is 2.99. The van der Waals surface area contributed by atoms with Gasteiger partial charge >= 0.3 is 6.03 Å². The Kier molecular flexibility index (Phi) is 6.18. The molecule has 1 aliphatic rings. The number of piperidine rings is 1. The molecule has 0 aliphatic carbocycles. The van der Waals surface area contributed by atoms with Crippen LogP contribution in [0.4, 0.5) is 13.6 Å². The number of rotatable bonds is 4. The summed E-state index contributed by atoms with van der Waals surface area (Å²) in [5.41, 5.74) is 0.0476. The molecule has 0 aromatic heterocycles. The van der Waals surface area contributed by atoms with Crippen LogP contribution in [0.1, 0.15) is 41.0 Å². The van der Waals surface area contributed by atoms with Gasteiger partial charge in [-0.05, 0) is 11.8 Å². The number of halogens is 2. The summed E-state index contributed by atoms with van der Waals surface area (Å²) in [7, 11) is 1.59. The molecule has 130 valence electrons. The highest BCUT2D eigenvalue weighted by Gasteiger charge is 2.48. The summed E-state index contributed by atoms with van der Waals surface area (Å²) in [6.07, 6.45) is 0.766. The van der Waals surface area contributed by atoms with Crippen LogP contribution in [0.3, 0.4) is 0 Å². The Hall–Kier alpha value is -0.910. The molecule has 4 nitrogen and oxygen atoms in total. The van der Waals surface area contributed by atoms with Gasteiger partial charge < -0.3 is 15.0 Å². The molecule has 3 atom stereocenters. The van der Waals surface area contributed by atoms with Crippen molar-refractivity contribution in [1.82, 2.24) is 10.2 Å². The van der Waals surface area contributed by atoms with Gasteiger partial charge in [0.2, 0.25) is 0 Å². The zero-order valence-corrected chi connectivity index (χ0v) is 14.6. The molecule has 0 aromatic rings. The molecule has 1 rings (SSSR count). The van der Waals surface area contributed by atoms with Crippen molar-refractivity contribution in [2.75, 3.05) is 26.8 Å². The Bertz CT molecular complexity index is 369. The molecule has 0 radical (unpaired) electrons. The van der Waals surface area contributed by atoms with Crippen LogP contribution in [-0.4, -0.2) is 49.7 Å². The predicted molar refractivity (Wildman–Crippen MR) is 83.1 cm³/mol. The molecule has 0 spiro atoms. The molecule has 0 aromatic carbocycles. The van der Waals surface area contributed by atoms with Crippen LogP contribution in [0.5, 0.6) is 0 Å². The third kappa shape index (κ3) is 5.07. The topological polar surface area (TPSA) is 41.6 Å². The molecule has 6 heteroatoms. The van der Waals surface area contributed by atoms with Crippen molar-refractivity contribution in [2.45, 2.75) is 53.0 Å². The number of methoxy groups -OCH3 is 1. The number of amides is 2. The van der Waals surface area contributed by atoms with E-state index < -0.39 is 17.8 Å². The quantitative estimate of drug-likeness (QED) is 0.863. The summed E-state index contributed by atoms with van der Waals surface area (Å²) in [6, 6.07) is -0.397. The maximum absolute atomic E-state index is 13.9. The lowest BCUT2D eigenvalue weighted by Crippen LogP contribution is -2.57. The smallest absolute Gasteiger partial charge is 0.317 e. The molecule has 0 bridgehead atoms. The maximum atomic E-state index is 13.9. The average molecular weight is 320 g/mol. The molecule has 1 saturated heterocycles. The highest BCUT2D eigenvalue weighted by molar-refractivity contribution is 5.74. The summed E-state index contributed by atoms with van der Waals surface area (Å²) in [5.74, 6) is -4.37. The summed E-state index contributed by atoms with van der Waals surface area (Å²) in [5, 5.41) is 2.93. The van der Waals surface area contributed by atoms with E-state index in [1.54, 1.807) is 7.11 Å². The van der Waals surface area contributed by atoms with Crippen LogP contribution in [0, 0.1) is 17.3 Å². The highest BCUT2D eigenvalue weighted by Crippen LogP contribution is 2.37. The minimum absolute atomic E-state index is 0.0476. The molecule has 2 amide bonds. The number of nitrogens with zero attached hydrogens (tertiary/aromatic N) is 1. The van der Waals surface area contributed by atoms with E-state index in [0.29, 0.717) is 6.61 Å². The largest absolute Gasteiger partial charge is 0.383 e. The second-order valence-electron chi connectivity index (χ2n) is 7.75. The van der Waals surface area contributed by atoms with Crippen LogP contribution < -0.4 is 5.32 Å². The Balaban J connectivity index is 2.67. The minimum Gasteiger partial charge on any atom is -0.383 e. The lowest BCUT2D eigenvalue weighted by atomic mass is 9.87. The predicted octanol–water partition coefficient (Wildman–Crippen LogP) is 3.37. The number of nitrogens with one attached hydrogen (secondary N) is 1. The normalized spacial score (nSPS) is 26.6. The SMILES string of the molecule is COCC(CC(C)(C)C)NC(=O)N1CC(C)C(F)(F)C(C)C1. The number of carbonyl (C=O) groups excluding carboxylic acids is 1. The number of alkyl halides is 2. The van der Waals surface area contributed by atoms with Gasteiger partial charge in [0.1, 0.15) is 0 Å². The van der Waals surface area contributed by atoms with Crippen molar-refractivity contribution in [2.24, 2.45) is 17.3 Å². The first-order chi connectivity index (χ1) is 9.97. The molecule has 1 heterocycles. The summed E-state index contributed by atoms with van der Waals surface area (Å²) < 4.78 is 32.9. The van der Waals surface area contributed by atoms with Crippen LogP contribution in [0.2, 0.25) is 0 Å². The van der Waals surface area contributed by atoms with E-state index in [2.05, 4.69) is 26.1 Å². The fourth-order valence-corrected chi connectivity index (χ4v) is 2.99. The van der Waals surface area contributed by atoms with Gasteiger partial charge in [-0.2, -0.15) is 0 Å². The van der Waals surface area contributed by atoms with Gasteiger partial charge in [-0.3, -0.25) is 0 Å². The summed E-state index contributed by atoms with van der Waals surface area (Å²) in [4.78, 5) is 13.9. The number of likely N-dealkylation sites (tertiary alicyclic amines) is 1. The zero-order chi connectivity index (χ0) is 17.1. The molecule has 22 heavy (non-hydrogen) atoms. The van der Waals surface area contributed by atoms with Crippen molar-refractivity contribution in [1.29, 1.82) is 0 Å². The Morgan fingerprint density at radius 3 is 2.23 bits per heavy atom. The lowest BCUT2D eigenvalue weighted by molar-refractivity contribution is -0.131. The number of hydrogen-bond acceptors (Lipinski definition) is 2. The standard InChI is InChI=1S/C16H30F2N2O2/c1-11-8-20(9-12(2)16(11,17)18)14(21)19-13(10-22-6)7-15(3,4)5/h11-13H,7-10H2,1-6H3,(H,19,21). The molecule has 1 fully saturated rings. The minimum atomic E-state index is -2.71. The van der Waals surface area contributed by atoms with Crippen LogP contribution in [0.15, 0.2) is 0 Å². The van der Waals surface area contributed by atoms with Gasteiger partial charge in [0, 0.05) is 32.0 Å². The van der Waals surface area contributed by atoms with E-state index in [-0.39, 0.29) is 30.6 Å². The van der Waals surface area contributed by atoms with Crippen LogP contribution in [0.25, 0.3) is 0 Å². The molecule has 1 aliphatic heterocycles. The van der Waals surface area contributed by atoms with Gasteiger partial charge in [0.25, 0.3) is 5.92 Å². The first kappa shape index (κ1) is 19.1. The van der Waals surface area contributed by atoms with Crippen molar-refractivity contribution < 1.29 is 18.3 Å². The van der Waals surface area contributed by atoms with Gasteiger partial charge in [-0.15, -0.1) is 0 Å². The third-order valence-electron chi connectivity index (χ3n) is 4.14. The molecular formula is C16H30F2N2O2. The van der Waals surface area contributed by atoms with E-state index >= 15 is 0 Å². The Morgan fingerprint density at radius 2 is 1.82 bits per heavy atom. The molecule has 1 N–H and O–H groups in total. The second-order valence-corrected chi connectivity index (χ2v) is 7.75. The van der Waals surface area contributed by atoms with Crippen molar-refractivity contribution in [3.05, 3.63) is 0 Å². The Labute approximate surface area is 132 Å². The monoisotopic (exact) mass is 320 g/mol. The summed E-state index contributed by atoms with van der Waals surface area (Å²) in [6.45, 7) is 9.85. The highest BCUT2D eigenvalue weighted by atomic mass is 19.3. The van der Waals surface area contributed by atoms with E-state index in [4.69, 9.17) is 4.74 Å². The second kappa shape index (κ2) is 7.11. The van der Waals surface area contributed by atoms with E-state index in [1.165, 1.54) is 18.7 Å². The van der Waals surface area contributed by atoms with E-state index in [9.17, 15) is 13.6 Å². The van der Waals surface area contributed by atoms with Crippen LogP contribution in [-0.2, 0) is 4.74 Å². The fraction of sp³-hybridized carbons (Fsp3) is 0.938.